The van der Waals surface area contributed by atoms with E-state index in [0.29, 0.717) is 23.8 Å². The van der Waals surface area contributed by atoms with Gasteiger partial charge in [0, 0.05) is 16.7 Å². The number of fused-ring (bicyclic) bond motifs is 5. The second-order valence-electron chi connectivity index (χ2n) is 8.65. The van der Waals surface area contributed by atoms with Gasteiger partial charge in [0.1, 0.15) is 6.61 Å². The number of rotatable bonds is 2. The Morgan fingerprint density at radius 1 is 1.36 bits per heavy atom. The molecule has 134 valence electrons. The zero-order valence-electron chi connectivity index (χ0n) is 14.9. The van der Waals surface area contributed by atoms with Gasteiger partial charge in [-0.3, -0.25) is 9.59 Å². The summed E-state index contributed by atoms with van der Waals surface area (Å²) in [6.07, 6.45) is 10.1. The molecular weight excluding hydrogens is 316 g/mol. The van der Waals surface area contributed by atoms with E-state index < -0.39 is 12.7 Å². The number of carbonyl (C=O) groups is 2. The topological polar surface area (TPSA) is 74.6 Å². The fourth-order valence-corrected chi connectivity index (χ4v) is 6.41. The summed E-state index contributed by atoms with van der Waals surface area (Å²) in [7, 11) is 0. The lowest BCUT2D eigenvalue weighted by molar-refractivity contribution is -0.124. The molecule has 3 unspecified atom stereocenters. The first-order valence-electron chi connectivity index (χ1n) is 9.28. The predicted octanol–water partition coefficient (Wildman–Crippen LogP) is 2.36. The number of aliphatic hydroxyl groups excluding tert-OH is 2. The van der Waals surface area contributed by atoms with Crippen LogP contribution >= 0.6 is 0 Å². The summed E-state index contributed by atoms with van der Waals surface area (Å²) < 4.78 is 0. The van der Waals surface area contributed by atoms with E-state index in [1.54, 1.807) is 12.2 Å². The molecule has 0 radical (unpaired) electrons. The Kier molecular flexibility index (Phi) is 3.71. The van der Waals surface area contributed by atoms with Gasteiger partial charge in [-0.05, 0) is 55.2 Å². The Labute approximate surface area is 148 Å². The molecule has 2 saturated carbocycles. The molecule has 0 aliphatic heterocycles. The average molecular weight is 342 g/mol. The summed E-state index contributed by atoms with van der Waals surface area (Å²) in [6, 6.07) is 0. The van der Waals surface area contributed by atoms with Gasteiger partial charge in [0.2, 0.25) is 0 Å². The smallest absolute Gasteiger partial charge is 0.184 e. The highest BCUT2D eigenvalue weighted by Gasteiger charge is 2.60. The molecule has 0 aromatic heterocycles. The molecule has 0 bridgehead atoms. The Hall–Kier alpha value is -1.52. The molecule has 4 aliphatic carbocycles. The molecular formula is C21H26O4. The molecule has 4 aliphatic rings. The van der Waals surface area contributed by atoms with E-state index in [2.05, 4.69) is 13.8 Å². The maximum absolute atomic E-state index is 12.2. The van der Waals surface area contributed by atoms with Crippen LogP contribution in [0.2, 0.25) is 0 Å². The number of allylic oxidation sites excluding steroid dienone is 5. The number of hydrogen-bond donors (Lipinski definition) is 2. The van der Waals surface area contributed by atoms with Crippen LogP contribution in [0.1, 0.15) is 39.5 Å². The van der Waals surface area contributed by atoms with Gasteiger partial charge in [0.25, 0.3) is 0 Å². The predicted molar refractivity (Wildman–Crippen MR) is 93.6 cm³/mol. The van der Waals surface area contributed by atoms with Crippen LogP contribution in [0.5, 0.6) is 0 Å². The lowest BCUT2D eigenvalue weighted by atomic mass is 9.47. The zero-order chi connectivity index (χ0) is 18.0. The van der Waals surface area contributed by atoms with Crippen LogP contribution in [0.15, 0.2) is 35.5 Å². The first kappa shape index (κ1) is 16.9. The van der Waals surface area contributed by atoms with Crippen LogP contribution < -0.4 is 0 Å². The van der Waals surface area contributed by atoms with Crippen LogP contribution in [-0.2, 0) is 9.59 Å². The van der Waals surface area contributed by atoms with Crippen molar-refractivity contribution in [1.29, 1.82) is 0 Å². The lowest BCUT2D eigenvalue weighted by Crippen LogP contribution is -2.55. The van der Waals surface area contributed by atoms with Gasteiger partial charge in [-0.2, -0.15) is 0 Å². The molecule has 4 nitrogen and oxygen atoms in total. The van der Waals surface area contributed by atoms with Crippen molar-refractivity contribution in [3.05, 3.63) is 35.5 Å². The summed E-state index contributed by atoms with van der Waals surface area (Å²) >= 11 is 0. The average Bonchev–Trinajstić information content (AvgIpc) is 2.91. The maximum atomic E-state index is 12.2. The van der Waals surface area contributed by atoms with Crippen molar-refractivity contribution in [2.24, 2.45) is 28.6 Å². The quantitative estimate of drug-likeness (QED) is 0.808. The molecule has 0 aromatic carbocycles. The van der Waals surface area contributed by atoms with E-state index in [4.69, 9.17) is 0 Å². The van der Waals surface area contributed by atoms with Crippen molar-refractivity contribution in [2.45, 2.75) is 45.6 Å². The molecule has 0 amide bonds. The second kappa shape index (κ2) is 5.49. The van der Waals surface area contributed by atoms with Crippen molar-refractivity contribution < 1.29 is 19.8 Å². The van der Waals surface area contributed by atoms with E-state index in [9.17, 15) is 19.8 Å². The van der Waals surface area contributed by atoms with Crippen molar-refractivity contribution in [3.8, 4) is 0 Å². The Morgan fingerprint density at radius 2 is 2.12 bits per heavy atom. The fraction of sp³-hybridized carbons (Fsp3) is 0.619. The maximum Gasteiger partial charge on any atom is 0.184 e. The minimum atomic E-state index is -0.522. The second-order valence-corrected chi connectivity index (χ2v) is 8.65. The lowest BCUT2D eigenvalue weighted by Gasteiger charge is -2.58. The molecule has 0 saturated heterocycles. The van der Waals surface area contributed by atoms with Gasteiger partial charge < -0.3 is 10.2 Å². The Balaban J connectivity index is 1.72. The highest BCUT2D eigenvalue weighted by atomic mass is 16.3. The largest absolute Gasteiger partial charge is 0.393 e. The molecule has 6 atom stereocenters. The minimum absolute atomic E-state index is 0.0411. The highest BCUT2D eigenvalue weighted by Crippen LogP contribution is 2.64. The summed E-state index contributed by atoms with van der Waals surface area (Å²) in [4.78, 5) is 24.0. The fourth-order valence-electron chi connectivity index (χ4n) is 6.41. The van der Waals surface area contributed by atoms with Crippen LogP contribution in [-0.4, -0.2) is 34.5 Å². The third kappa shape index (κ3) is 2.20. The van der Waals surface area contributed by atoms with Crippen LogP contribution in [0, 0.1) is 28.6 Å². The van der Waals surface area contributed by atoms with Gasteiger partial charge in [-0.25, -0.2) is 0 Å². The molecule has 4 heteroatoms. The van der Waals surface area contributed by atoms with Gasteiger partial charge in [-0.15, -0.1) is 0 Å². The van der Waals surface area contributed by atoms with E-state index >= 15 is 0 Å². The number of carbonyl (C=O) groups excluding carboxylic acids is 2. The third-order valence-electron chi connectivity index (χ3n) is 7.52. The third-order valence-corrected chi connectivity index (χ3v) is 7.52. The van der Waals surface area contributed by atoms with Gasteiger partial charge in [-0.1, -0.05) is 31.6 Å². The molecule has 2 N–H and O–H groups in total. The molecule has 0 aromatic rings. The number of aliphatic hydroxyl groups is 2. The van der Waals surface area contributed by atoms with E-state index in [1.165, 1.54) is 0 Å². The number of hydrogen-bond acceptors (Lipinski definition) is 4. The number of Topliss-reactive ketones (excluding diaryl/α,β-unsaturated/α-hetero) is 1. The van der Waals surface area contributed by atoms with Gasteiger partial charge in [0.05, 0.1) is 6.10 Å². The summed E-state index contributed by atoms with van der Waals surface area (Å²) in [5, 5.41) is 20.4. The summed E-state index contributed by atoms with van der Waals surface area (Å²) in [5.41, 5.74) is 1.22. The Bertz CT molecular complexity index is 730. The molecule has 0 spiro atoms. The summed E-state index contributed by atoms with van der Waals surface area (Å²) in [5.74, 6) is 0.539. The van der Waals surface area contributed by atoms with Gasteiger partial charge >= 0.3 is 0 Å². The standard InChI is InChI=1S/C21H26O4/c1-20-8-7-13(23)9-12(20)3-4-14-15-5-6-16(18(25)11-22)21(15,2)10-17(24)19(14)20/h6-9,14-15,17,19,22,24H,3-5,10-11H2,1-2H3/t14?,15?,17-,19?,20-,21-/m0/s1. The minimum Gasteiger partial charge on any atom is -0.393 e. The molecule has 0 heterocycles. The van der Waals surface area contributed by atoms with E-state index in [0.717, 1.165) is 24.8 Å². The van der Waals surface area contributed by atoms with Crippen LogP contribution in [0.3, 0.4) is 0 Å². The highest BCUT2D eigenvalue weighted by molar-refractivity contribution is 6.01. The first-order chi connectivity index (χ1) is 11.8. The number of ketones is 2. The Morgan fingerprint density at radius 3 is 2.84 bits per heavy atom. The summed E-state index contributed by atoms with van der Waals surface area (Å²) in [6.45, 7) is 3.76. The monoisotopic (exact) mass is 342 g/mol. The van der Waals surface area contributed by atoms with Crippen LogP contribution in [0.4, 0.5) is 0 Å². The van der Waals surface area contributed by atoms with E-state index in [-0.39, 0.29) is 28.3 Å². The normalized spacial score (nSPS) is 45.2. The zero-order valence-corrected chi connectivity index (χ0v) is 14.9. The van der Waals surface area contributed by atoms with Crippen molar-refractivity contribution >= 4 is 11.6 Å². The van der Waals surface area contributed by atoms with Crippen molar-refractivity contribution in [2.75, 3.05) is 6.61 Å². The first-order valence-corrected chi connectivity index (χ1v) is 9.28. The van der Waals surface area contributed by atoms with Gasteiger partial charge in [0.15, 0.2) is 11.6 Å². The molecule has 2 fully saturated rings. The SMILES string of the molecule is C[C@]12C=CC(=O)C=C1CCC1C2[C@@H](O)C[C@]2(C)C(C(=O)CO)=CCC12. The van der Waals surface area contributed by atoms with E-state index in [1.807, 2.05) is 12.2 Å². The van der Waals surface area contributed by atoms with Crippen molar-refractivity contribution in [3.63, 3.8) is 0 Å². The molecule has 4 rings (SSSR count). The van der Waals surface area contributed by atoms with Crippen molar-refractivity contribution in [1.82, 2.24) is 0 Å². The molecule has 25 heavy (non-hydrogen) atoms. The van der Waals surface area contributed by atoms with Crippen LogP contribution in [0.25, 0.3) is 0 Å².